The number of primary amides is 2. The summed E-state index contributed by atoms with van der Waals surface area (Å²) >= 11 is 1.18. The molecule has 0 radical (unpaired) electrons. The number of nitrogens with two attached hydrogens (primary N) is 2. The van der Waals surface area contributed by atoms with Gasteiger partial charge in [-0.15, -0.1) is 11.3 Å². The second-order valence-corrected chi connectivity index (χ2v) is 4.12. The SMILES string of the molecule is NC(=O)c1cc2cccc(C(N)=O)c2s1. The standard InChI is InChI=1S/C10H8N2O2S/c11-9(13)6-3-1-2-5-4-7(10(12)14)15-8(5)6/h1-4H,(H2,11,13)(H2,12,14). The van der Waals surface area contributed by atoms with E-state index < -0.39 is 11.8 Å². The van der Waals surface area contributed by atoms with Gasteiger partial charge in [-0.05, 0) is 17.5 Å². The highest BCUT2D eigenvalue weighted by Crippen LogP contribution is 2.28. The average molecular weight is 220 g/mol. The maximum atomic E-state index is 11.1. The summed E-state index contributed by atoms with van der Waals surface area (Å²) in [5.74, 6) is -0.995. The minimum atomic E-state index is -0.501. The predicted molar refractivity (Wildman–Crippen MR) is 58.9 cm³/mol. The maximum Gasteiger partial charge on any atom is 0.258 e. The summed E-state index contributed by atoms with van der Waals surface area (Å²) in [5.41, 5.74) is 10.8. The van der Waals surface area contributed by atoms with E-state index in [4.69, 9.17) is 11.5 Å². The van der Waals surface area contributed by atoms with Crippen molar-refractivity contribution in [3.05, 3.63) is 34.7 Å². The Labute approximate surface area is 89.5 Å². The Hall–Kier alpha value is -1.88. The molecule has 0 atom stereocenters. The predicted octanol–water partition coefficient (Wildman–Crippen LogP) is 1.10. The number of rotatable bonds is 2. The Kier molecular flexibility index (Phi) is 2.17. The number of amides is 2. The van der Waals surface area contributed by atoms with Crippen molar-refractivity contribution in [2.45, 2.75) is 0 Å². The van der Waals surface area contributed by atoms with Gasteiger partial charge in [0.2, 0.25) is 5.91 Å². The molecule has 2 aromatic rings. The fraction of sp³-hybridized carbons (Fsp3) is 0. The minimum Gasteiger partial charge on any atom is -0.366 e. The molecular weight excluding hydrogens is 212 g/mol. The van der Waals surface area contributed by atoms with Crippen LogP contribution in [0, 0.1) is 0 Å². The fourth-order valence-corrected chi connectivity index (χ4v) is 2.41. The summed E-state index contributed by atoms with van der Waals surface area (Å²) in [7, 11) is 0. The Morgan fingerprint density at radius 1 is 1.13 bits per heavy atom. The molecule has 1 aromatic heterocycles. The second kappa shape index (κ2) is 3.36. The first kappa shape index (κ1) is 9.67. The molecular formula is C10H8N2O2S. The summed E-state index contributed by atoms with van der Waals surface area (Å²) in [6.07, 6.45) is 0. The van der Waals surface area contributed by atoms with Crippen molar-refractivity contribution < 1.29 is 9.59 Å². The number of benzene rings is 1. The van der Waals surface area contributed by atoms with Crippen LogP contribution in [0.25, 0.3) is 10.1 Å². The molecule has 0 saturated heterocycles. The van der Waals surface area contributed by atoms with E-state index in [9.17, 15) is 9.59 Å². The fourth-order valence-electron chi connectivity index (χ4n) is 1.38. The highest BCUT2D eigenvalue weighted by Gasteiger charge is 2.12. The van der Waals surface area contributed by atoms with Crippen molar-refractivity contribution in [2.24, 2.45) is 11.5 Å². The van der Waals surface area contributed by atoms with Crippen LogP contribution >= 0.6 is 11.3 Å². The van der Waals surface area contributed by atoms with Gasteiger partial charge >= 0.3 is 0 Å². The van der Waals surface area contributed by atoms with Crippen molar-refractivity contribution in [3.8, 4) is 0 Å². The quantitative estimate of drug-likeness (QED) is 0.793. The highest BCUT2D eigenvalue weighted by atomic mass is 32.1. The molecule has 4 N–H and O–H groups in total. The molecule has 1 heterocycles. The van der Waals surface area contributed by atoms with E-state index in [0.29, 0.717) is 15.1 Å². The van der Waals surface area contributed by atoms with Crippen LogP contribution in [-0.2, 0) is 0 Å². The molecule has 0 spiro atoms. The first-order chi connectivity index (χ1) is 7.09. The number of carbonyl (C=O) groups is 2. The third-order valence-electron chi connectivity index (χ3n) is 2.05. The molecule has 76 valence electrons. The van der Waals surface area contributed by atoms with Gasteiger partial charge in [-0.2, -0.15) is 0 Å². The molecule has 2 rings (SSSR count). The lowest BCUT2D eigenvalue weighted by Crippen LogP contribution is -2.10. The average Bonchev–Trinajstić information content (AvgIpc) is 2.60. The monoisotopic (exact) mass is 220 g/mol. The number of thiophene rings is 1. The van der Waals surface area contributed by atoms with Gasteiger partial charge in [0.1, 0.15) is 0 Å². The van der Waals surface area contributed by atoms with Crippen LogP contribution in [0.3, 0.4) is 0 Å². The van der Waals surface area contributed by atoms with Crippen LogP contribution in [0.1, 0.15) is 20.0 Å². The minimum absolute atomic E-state index is 0.421. The van der Waals surface area contributed by atoms with Gasteiger partial charge in [0.25, 0.3) is 5.91 Å². The van der Waals surface area contributed by atoms with Crippen molar-refractivity contribution in [1.29, 1.82) is 0 Å². The summed E-state index contributed by atoms with van der Waals surface area (Å²) in [6.45, 7) is 0. The van der Waals surface area contributed by atoms with Crippen molar-refractivity contribution in [1.82, 2.24) is 0 Å². The van der Waals surface area contributed by atoms with Gasteiger partial charge in [0.15, 0.2) is 0 Å². The van der Waals surface area contributed by atoms with Crippen LogP contribution in [0.15, 0.2) is 24.3 Å². The summed E-state index contributed by atoms with van der Waals surface area (Å²) in [6, 6.07) is 6.82. The first-order valence-electron chi connectivity index (χ1n) is 4.22. The van der Waals surface area contributed by atoms with Gasteiger partial charge in [-0.1, -0.05) is 12.1 Å². The third-order valence-corrected chi connectivity index (χ3v) is 3.25. The summed E-state index contributed by atoms with van der Waals surface area (Å²) in [4.78, 5) is 22.5. The Morgan fingerprint density at radius 2 is 1.87 bits per heavy atom. The molecule has 0 aliphatic heterocycles. The Bertz CT molecular complexity index is 560. The maximum absolute atomic E-state index is 11.1. The van der Waals surface area contributed by atoms with Crippen LogP contribution in [0.4, 0.5) is 0 Å². The van der Waals surface area contributed by atoms with E-state index in [-0.39, 0.29) is 0 Å². The smallest absolute Gasteiger partial charge is 0.258 e. The van der Waals surface area contributed by atoms with Gasteiger partial charge in [-0.25, -0.2) is 0 Å². The Balaban J connectivity index is 2.75. The molecule has 2 amide bonds. The molecule has 1 aromatic carbocycles. The van der Waals surface area contributed by atoms with Crippen molar-refractivity contribution in [2.75, 3.05) is 0 Å². The van der Waals surface area contributed by atoms with Crippen LogP contribution < -0.4 is 11.5 Å². The molecule has 5 heteroatoms. The zero-order valence-corrected chi connectivity index (χ0v) is 8.51. The zero-order valence-electron chi connectivity index (χ0n) is 7.69. The van der Waals surface area contributed by atoms with Crippen LogP contribution in [-0.4, -0.2) is 11.8 Å². The van der Waals surface area contributed by atoms with E-state index in [0.717, 1.165) is 5.39 Å². The molecule has 0 fully saturated rings. The van der Waals surface area contributed by atoms with E-state index in [2.05, 4.69) is 0 Å². The number of fused-ring (bicyclic) bond motifs is 1. The molecule has 0 aliphatic rings. The molecule has 4 nitrogen and oxygen atoms in total. The van der Waals surface area contributed by atoms with Crippen molar-refractivity contribution in [3.63, 3.8) is 0 Å². The van der Waals surface area contributed by atoms with E-state index in [1.807, 2.05) is 6.07 Å². The Morgan fingerprint density at radius 3 is 2.47 bits per heavy atom. The summed E-state index contributed by atoms with van der Waals surface area (Å²) in [5, 5.41) is 0.810. The molecule has 0 aliphatic carbocycles. The molecule has 0 unspecified atom stereocenters. The van der Waals surface area contributed by atoms with Gasteiger partial charge < -0.3 is 11.5 Å². The number of carbonyl (C=O) groups excluding carboxylic acids is 2. The topological polar surface area (TPSA) is 86.2 Å². The van der Waals surface area contributed by atoms with E-state index in [1.165, 1.54) is 11.3 Å². The second-order valence-electron chi connectivity index (χ2n) is 3.06. The van der Waals surface area contributed by atoms with Gasteiger partial charge in [-0.3, -0.25) is 9.59 Å². The molecule has 0 saturated carbocycles. The van der Waals surface area contributed by atoms with Crippen LogP contribution in [0.5, 0.6) is 0 Å². The normalized spacial score (nSPS) is 10.4. The highest BCUT2D eigenvalue weighted by molar-refractivity contribution is 7.21. The van der Waals surface area contributed by atoms with Gasteiger partial charge in [0.05, 0.1) is 10.4 Å². The lowest BCUT2D eigenvalue weighted by Gasteiger charge is -1.95. The lowest BCUT2D eigenvalue weighted by molar-refractivity contribution is 0.0994. The number of hydrogen-bond donors (Lipinski definition) is 2. The lowest BCUT2D eigenvalue weighted by atomic mass is 10.1. The third kappa shape index (κ3) is 1.57. The first-order valence-corrected chi connectivity index (χ1v) is 5.03. The summed E-state index contributed by atoms with van der Waals surface area (Å²) < 4.78 is 0.707. The molecule has 15 heavy (non-hydrogen) atoms. The van der Waals surface area contributed by atoms with Crippen LogP contribution in [0.2, 0.25) is 0 Å². The van der Waals surface area contributed by atoms with Gasteiger partial charge in [0, 0.05) is 4.70 Å². The number of hydrogen-bond acceptors (Lipinski definition) is 3. The zero-order chi connectivity index (χ0) is 11.0. The van der Waals surface area contributed by atoms with Crippen molar-refractivity contribution >= 4 is 33.2 Å². The van der Waals surface area contributed by atoms with E-state index in [1.54, 1.807) is 18.2 Å². The largest absolute Gasteiger partial charge is 0.366 e. The molecule has 0 bridgehead atoms. The van der Waals surface area contributed by atoms with E-state index >= 15 is 0 Å².